The van der Waals surface area contributed by atoms with Crippen molar-refractivity contribution in [2.75, 3.05) is 26.2 Å². The molecular formula is C44H90N4O2. The van der Waals surface area contributed by atoms with Crippen molar-refractivity contribution in [2.45, 2.75) is 215 Å². The maximum Gasteiger partial charge on any atom is 0.233 e. The lowest BCUT2D eigenvalue weighted by molar-refractivity contribution is -0.135. The van der Waals surface area contributed by atoms with Crippen LogP contribution in [-0.2, 0) is 9.59 Å². The zero-order valence-electron chi connectivity index (χ0n) is 34.7. The first-order valence-electron chi connectivity index (χ1n) is 22.1. The van der Waals surface area contributed by atoms with Gasteiger partial charge < -0.3 is 16.8 Å². The molecule has 0 aromatic carbocycles. The number of carbonyl (C=O) groups is 2. The van der Waals surface area contributed by atoms with Crippen molar-refractivity contribution >= 4 is 11.8 Å². The number of rotatable bonds is 34. The van der Waals surface area contributed by atoms with Crippen LogP contribution in [0.25, 0.3) is 0 Å². The highest BCUT2D eigenvalue weighted by Gasteiger charge is 2.55. The Labute approximate surface area is 313 Å². The maximum absolute atomic E-state index is 14.0. The summed E-state index contributed by atoms with van der Waals surface area (Å²) in [5.41, 5.74) is 9.86. The lowest BCUT2D eigenvalue weighted by atomic mass is 9.60. The van der Waals surface area contributed by atoms with Crippen LogP contribution in [0.1, 0.15) is 215 Å². The van der Waals surface area contributed by atoms with Gasteiger partial charge in [0.25, 0.3) is 0 Å². The summed E-state index contributed by atoms with van der Waals surface area (Å²) in [6.07, 6.45) is 33.3. The molecule has 0 bridgehead atoms. The third-order valence-corrected chi connectivity index (χ3v) is 11.2. The Kier molecular flexibility index (Phi) is 33.2. The van der Waals surface area contributed by atoms with E-state index in [1.807, 2.05) is 0 Å². The van der Waals surface area contributed by atoms with Gasteiger partial charge in [-0.05, 0) is 49.4 Å². The fourth-order valence-electron chi connectivity index (χ4n) is 8.21. The second kappa shape index (κ2) is 33.8. The number of nitrogens with two attached hydrogens (primary N) is 2. The Morgan fingerprint density at radius 2 is 0.860 bits per heavy atom. The molecule has 6 N–H and O–H groups in total. The number of imide groups is 1. The van der Waals surface area contributed by atoms with Crippen molar-refractivity contribution in [3.63, 3.8) is 0 Å². The summed E-state index contributed by atoms with van der Waals surface area (Å²) >= 11 is 0. The molecule has 6 nitrogen and oxygen atoms in total. The van der Waals surface area contributed by atoms with Crippen molar-refractivity contribution in [3.8, 4) is 0 Å². The maximum atomic E-state index is 14.0. The average Bonchev–Trinajstić information content (AvgIpc) is 3.39. The lowest BCUT2D eigenvalue weighted by Crippen LogP contribution is -2.44. The SMILES string of the molecule is CCCCCCCCCC(CCCCCC(C)C)C1(C(CCCCCCCCC)CCCCCC(C)C)CC(=O)NC1=O.NCCNCCN. The Morgan fingerprint density at radius 3 is 1.16 bits per heavy atom. The van der Waals surface area contributed by atoms with Gasteiger partial charge in [-0.25, -0.2) is 0 Å². The molecular weight excluding hydrogens is 617 g/mol. The molecule has 1 fully saturated rings. The van der Waals surface area contributed by atoms with Gasteiger partial charge in [0, 0.05) is 32.6 Å². The second-order valence-corrected chi connectivity index (χ2v) is 16.7. The quantitative estimate of drug-likeness (QED) is 0.0393. The highest BCUT2D eigenvalue weighted by Crippen LogP contribution is 2.51. The summed E-state index contributed by atoms with van der Waals surface area (Å²) < 4.78 is 0. The van der Waals surface area contributed by atoms with E-state index in [1.54, 1.807) is 0 Å². The number of unbranched alkanes of at least 4 members (excludes halogenated alkanes) is 16. The van der Waals surface area contributed by atoms with Gasteiger partial charge >= 0.3 is 0 Å². The molecule has 1 heterocycles. The smallest absolute Gasteiger partial charge is 0.233 e. The summed E-state index contributed by atoms with van der Waals surface area (Å²) in [5.74, 6) is 2.31. The molecule has 0 aliphatic carbocycles. The Balaban J connectivity index is 0.00000308. The Bertz CT molecular complexity index is 727. The van der Waals surface area contributed by atoms with Crippen molar-refractivity contribution in [3.05, 3.63) is 0 Å². The minimum atomic E-state index is -0.475. The highest BCUT2D eigenvalue weighted by molar-refractivity contribution is 6.06. The van der Waals surface area contributed by atoms with Gasteiger partial charge in [0.15, 0.2) is 0 Å². The zero-order chi connectivity index (χ0) is 37.3. The van der Waals surface area contributed by atoms with Crippen LogP contribution in [0, 0.1) is 29.1 Å². The van der Waals surface area contributed by atoms with Crippen molar-refractivity contribution < 1.29 is 9.59 Å². The number of hydrogen-bond acceptors (Lipinski definition) is 5. The van der Waals surface area contributed by atoms with Crippen LogP contribution in [-0.4, -0.2) is 38.0 Å². The molecule has 1 aliphatic rings. The molecule has 2 atom stereocenters. The predicted molar refractivity (Wildman–Crippen MR) is 219 cm³/mol. The van der Waals surface area contributed by atoms with E-state index in [4.69, 9.17) is 11.5 Å². The summed E-state index contributed by atoms with van der Waals surface area (Å²) in [6, 6.07) is 0. The molecule has 0 aromatic rings. The van der Waals surface area contributed by atoms with Crippen LogP contribution in [0.3, 0.4) is 0 Å². The molecule has 0 saturated carbocycles. The van der Waals surface area contributed by atoms with Crippen molar-refractivity contribution in [2.24, 2.45) is 40.6 Å². The molecule has 1 aliphatic heterocycles. The highest BCUT2D eigenvalue weighted by atomic mass is 16.2. The summed E-state index contributed by atoms with van der Waals surface area (Å²) in [4.78, 5) is 27.0. The van der Waals surface area contributed by atoms with E-state index >= 15 is 0 Å². The van der Waals surface area contributed by atoms with Crippen LogP contribution in [0.15, 0.2) is 0 Å². The molecule has 1 rings (SSSR count). The molecule has 0 spiro atoms. The fourth-order valence-corrected chi connectivity index (χ4v) is 8.21. The standard InChI is InChI=1S/C40H77NO2.C4H13N3/c1-7-9-11-13-15-17-23-29-36(31-25-19-21-27-34(3)4)40(33-38(42)41-39(40)43)37(32-26-20-22-28-35(5)6)30-24-18-16-14-12-10-8-2;5-1-3-7-4-2-6/h34-37H,7-33H2,1-6H3,(H,41,42,43);7H,1-6H2. The van der Waals surface area contributed by atoms with Crippen LogP contribution < -0.4 is 22.1 Å². The lowest BCUT2D eigenvalue weighted by Gasteiger charge is -2.42. The Hall–Kier alpha value is -0.980. The van der Waals surface area contributed by atoms with E-state index < -0.39 is 5.41 Å². The Morgan fingerprint density at radius 1 is 0.540 bits per heavy atom. The molecule has 0 aromatic heterocycles. The van der Waals surface area contributed by atoms with Crippen molar-refractivity contribution in [1.29, 1.82) is 0 Å². The van der Waals surface area contributed by atoms with E-state index in [0.717, 1.165) is 50.6 Å². The van der Waals surface area contributed by atoms with Crippen LogP contribution in [0.4, 0.5) is 0 Å². The molecule has 1 saturated heterocycles. The van der Waals surface area contributed by atoms with Gasteiger partial charge in [0.1, 0.15) is 0 Å². The third kappa shape index (κ3) is 24.3. The molecule has 6 heteroatoms. The van der Waals surface area contributed by atoms with Gasteiger partial charge in [0.05, 0.1) is 5.41 Å². The molecule has 298 valence electrons. The molecule has 0 radical (unpaired) electrons. The second-order valence-electron chi connectivity index (χ2n) is 16.7. The number of hydrogen-bond donors (Lipinski definition) is 4. The van der Waals surface area contributed by atoms with E-state index in [2.05, 4.69) is 52.2 Å². The first kappa shape index (κ1) is 49.0. The number of carbonyl (C=O) groups excluding carboxylic acids is 2. The number of nitrogens with one attached hydrogen (secondary N) is 2. The predicted octanol–water partition coefficient (Wildman–Crippen LogP) is 11.2. The molecule has 2 amide bonds. The largest absolute Gasteiger partial charge is 0.329 e. The average molecular weight is 707 g/mol. The van der Waals surface area contributed by atoms with Crippen LogP contribution >= 0.6 is 0 Å². The van der Waals surface area contributed by atoms with E-state index in [9.17, 15) is 9.59 Å². The normalized spacial score (nSPS) is 17.3. The summed E-state index contributed by atoms with van der Waals surface area (Å²) in [6.45, 7) is 17.0. The fraction of sp³-hybridized carbons (Fsp3) is 0.955. The zero-order valence-corrected chi connectivity index (χ0v) is 34.7. The van der Waals surface area contributed by atoms with Crippen LogP contribution in [0.2, 0.25) is 0 Å². The first-order valence-corrected chi connectivity index (χ1v) is 22.1. The monoisotopic (exact) mass is 707 g/mol. The number of amides is 2. The van der Waals surface area contributed by atoms with Gasteiger partial charge in [-0.2, -0.15) is 0 Å². The third-order valence-electron chi connectivity index (χ3n) is 11.2. The van der Waals surface area contributed by atoms with Gasteiger partial charge in [-0.15, -0.1) is 0 Å². The molecule has 50 heavy (non-hydrogen) atoms. The van der Waals surface area contributed by atoms with E-state index in [-0.39, 0.29) is 11.8 Å². The van der Waals surface area contributed by atoms with E-state index in [1.165, 1.54) is 141 Å². The molecule has 2 unspecified atom stereocenters. The van der Waals surface area contributed by atoms with E-state index in [0.29, 0.717) is 31.3 Å². The summed E-state index contributed by atoms with van der Waals surface area (Å²) in [5, 5.41) is 5.91. The van der Waals surface area contributed by atoms with Gasteiger partial charge in [0.2, 0.25) is 11.8 Å². The topological polar surface area (TPSA) is 110 Å². The minimum absolute atomic E-state index is 0.00116. The van der Waals surface area contributed by atoms with Crippen molar-refractivity contribution in [1.82, 2.24) is 10.6 Å². The van der Waals surface area contributed by atoms with Gasteiger partial charge in [-0.3, -0.25) is 14.9 Å². The summed E-state index contributed by atoms with van der Waals surface area (Å²) in [7, 11) is 0. The minimum Gasteiger partial charge on any atom is -0.329 e. The first-order chi connectivity index (χ1) is 24.2. The van der Waals surface area contributed by atoms with Crippen LogP contribution in [0.5, 0.6) is 0 Å². The van der Waals surface area contributed by atoms with Gasteiger partial charge in [-0.1, -0.05) is 183 Å².